The molecule has 0 aliphatic rings. The van der Waals surface area contributed by atoms with Crippen LogP contribution in [0.3, 0.4) is 0 Å². The minimum atomic E-state index is -1.28. The Hall–Kier alpha value is -2.83. The monoisotopic (exact) mass is 1020 g/mol. The molecule has 1 nitrogen and oxygen atoms in total. The van der Waals surface area contributed by atoms with E-state index in [1.165, 1.54) is 16.7 Å². The smallest absolute Gasteiger partial charge is 1.00 e. The van der Waals surface area contributed by atoms with Crippen molar-refractivity contribution in [2.45, 2.75) is 13.0 Å². The van der Waals surface area contributed by atoms with E-state index in [0.717, 1.165) is 46.8 Å². The molecule has 0 aliphatic heterocycles. The van der Waals surface area contributed by atoms with Crippen molar-refractivity contribution in [1.82, 2.24) is 0 Å². The van der Waals surface area contributed by atoms with E-state index in [-0.39, 0.29) is 73.4 Å². The molecule has 0 atom stereocenters. The van der Waals surface area contributed by atoms with Gasteiger partial charge in [-0.05, 0) is 63.7 Å². The molecule has 8 rings (SSSR count). The minimum Gasteiger partial charge on any atom is -1.00 e. The van der Waals surface area contributed by atoms with Crippen molar-refractivity contribution in [1.29, 1.82) is 0 Å². The van der Waals surface area contributed by atoms with Gasteiger partial charge in [0.15, 0.2) is 0 Å². The molecular weight excluding hydrogens is 985 g/mol. The molecule has 7 heteroatoms. The van der Waals surface area contributed by atoms with Gasteiger partial charge >= 0.3 is 46.1 Å². The zero-order valence-corrected chi connectivity index (χ0v) is 39.8. The van der Waals surface area contributed by atoms with Gasteiger partial charge in [0.2, 0.25) is 0 Å². The number of hydrogen-bond acceptors (Lipinski definition) is 1. The summed E-state index contributed by atoms with van der Waals surface area (Å²) in [6.07, 6.45) is 0. The van der Waals surface area contributed by atoms with Crippen LogP contribution in [0.5, 0.6) is 0 Å². The largest absolute Gasteiger partial charge is 2.00 e. The second kappa shape index (κ2) is 25.6. The first kappa shape index (κ1) is 50.3. The predicted molar refractivity (Wildman–Crippen MR) is 253 cm³/mol. The van der Waals surface area contributed by atoms with Crippen LogP contribution in [0, 0.1) is 6.07 Å². The third-order valence-electron chi connectivity index (χ3n) is 8.68. The van der Waals surface area contributed by atoms with E-state index in [0.29, 0.717) is 0 Å². The number of aliphatic hydroxyl groups is 1. The van der Waals surface area contributed by atoms with Crippen molar-refractivity contribution in [2.24, 2.45) is 0 Å². The summed E-state index contributed by atoms with van der Waals surface area (Å²) in [5.74, 6) is 0. The summed E-state index contributed by atoms with van der Waals surface area (Å²) < 4.78 is 3.10. The van der Waals surface area contributed by atoms with E-state index in [4.69, 9.17) is 0 Å². The Morgan fingerprint density at radius 1 is 0.421 bits per heavy atom. The van der Waals surface area contributed by atoms with Gasteiger partial charge in [0.25, 0.3) is 0 Å². The molecule has 0 bridgehead atoms. The standard InChI is InChI=1S/C25H18Br2O.C12H9Br.C12H9.CH4.BrH.2Mg.2H/c26-21-14-10-19(11-15-21)25(28,20-12-16-22(27)17-13-20)24-9-5-4-8-23(24)18-6-2-1-3-7-18;13-12-9-5-4-8-11(12)10-6-2-1-3-7-10;1-3-7-11(8-4-1)12-9-5-2-6-10-12;;;;;;/h1-17,28H;1-9H;1-9H;1H4;1H;;;;/q;;-1;;;2*+2;2*-1/p-1. The van der Waals surface area contributed by atoms with Crippen LogP contribution >= 0.6 is 47.8 Å². The number of halogens is 4. The molecule has 57 heavy (non-hydrogen) atoms. The molecule has 0 saturated carbocycles. The number of rotatable bonds is 6. The molecule has 0 aromatic heterocycles. The summed E-state index contributed by atoms with van der Waals surface area (Å²) in [5.41, 5.74) is 8.15. The van der Waals surface area contributed by atoms with Crippen molar-refractivity contribution in [3.05, 3.63) is 248 Å². The van der Waals surface area contributed by atoms with Gasteiger partial charge in [-0.3, -0.25) is 0 Å². The normalized spacial score (nSPS) is 9.89. The van der Waals surface area contributed by atoms with Crippen molar-refractivity contribution < 1.29 is 24.9 Å². The Labute approximate surface area is 409 Å². The van der Waals surface area contributed by atoms with Crippen molar-refractivity contribution in [2.75, 3.05) is 0 Å². The van der Waals surface area contributed by atoms with Gasteiger partial charge in [0.1, 0.15) is 5.60 Å². The molecule has 0 saturated heterocycles. The molecule has 0 spiro atoms. The van der Waals surface area contributed by atoms with Crippen LogP contribution in [-0.2, 0) is 5.60 Å². The van der Waals surface area contributed by atoms with E-state index >= 15 is 0 Å². The van der Waals surface area contributed by atoms with Crippen molar-refractivity contribution >= 4 is 93.9 Å². The Morgan fingerprint density at radius 2 is 0.807 bits per heavy atom. The molecule has 280 valence electrons. The first-order chi connectivity index (χ1) is 25.9. The van der Waals surface area contributed by atoms with E-state index in [9.17, 15) is 5.11 Å². The quantitative estimate of drug-likeness (QED) is 0.1000. The Morgan fingerprint density at radius 3 is 1.26 bits per heavy atom. The fraction of sp³-hybridized carbons (Fsp3) is 0.0400. The molecule has 0 unspecified atom stereocenters. The fourth-order valence-corrected chi connectivity index (χ4v) is 7.07. The molecule has 1 N–H and O–H groups in total. The molecule has 0 amide bonds. The maximum Gasteiger partial charge on any atom is 2.00 e. The van der Waals surface area contributed by atoms with E-state index in [1.807, 2.05) is 140 Å². The van der Waals surface area contributed by atoms with Crippen LogP contribution < -0.4 is 17.0 Å². The SMILES string of the molecule is Brc1ccccc1-c1ccccc1.C.OC(c1ccc(Br)cc1)(c1ccc(Br)cc1)c1ccccc1-c1ccccc1.[Br-].[H-].[H-].[Mg+2].[Mg+2].[c-]1ccccc1-c1ccccc1. The van der Waals surface area contributed by atoms with Gasteiger partial charge in [-0.2, -0.15) is 0 Å². The second-order valence-corrected chi connectivity index (χ2v) is 14.8. The van der Waals surface area contributed by atoms with Crippen LogP contribution in [0.15, 0.2) is 226 Å². The van der Waals surface area contributed by atoms with Crippen LogP contribution in [-0.4, -0.2) is 51.2 Å². The van der Waals surface area contributed by atoms with E-state index < -0.39 is 5.60 Å². The third-order valence-corrected chi connectivity index (χ3v) is 10.4. The summed E-state index contributed by atoms with van der Waals surface area (Å²) in [4.78, 5) is 0. The second-order valence-electron chi connectivity index (χ2n) is 12.1. The minimum absolute atomic E-state index is 0. The molecule has 0 fully saturated rings. The fourth-order valence-electron chi connectivity index (χ4n) is 6.03. The van der Waals surface area contributed by atoms with Crippen LogP contribution in [0.1, 0.15) is 27.0 Å². The topological polar surface area (TPSA) is 20.2 Å². The maximum atomic E-state index is 12.2. The first-order valence-corrected chi connectivity index (χ1v) is 19.5. The van der Waals surface area contributed by atoms with Gasteiger partial charge in [-0.25, -0.2) is 0 Å². The van der Waals surface area contributed by atoms with Gasteiger partial charge in [0, 0.05) is 19.0 Å². The molecule has 0 aliphatic carbocycles. The van der Waals surface area contributed by atoms with Crippen molar-refractivity contribution in [3.63, 3.8) is 0 Å². The predicted octanol–water partition coefficient (Wildman–Crippen LogP) is 11.5. The molecule has 0 radical (unpaired) electrons. The summed E-state index contributed by atoms with van der Waals surface area (Å²) in [6.45, 7) is 0. The first-order valence-electron chi connectivity index (χ1n) is 17.1. The zero-order chi connectivity index (χ0) is 36.9. The van der Waals surface area contributed by atoms with Crippen molar-refractivity contribution in [3.8, 4) is 33.4 Å². The number of benzene rings is 8. The Bertz CT molecular complexity index is 2240. The van der Waals surface area contributed by atoms with Gasteiger partial charge in [-0.15, -0.1) is 35.9 Å². The molecule has 0 heterocycles. The average molecular weight is 1030 g/mol. The average Bonchev–Trinajstić information content (AvgIpc) is 3.23. The summed E-state index contributed by atoms with van der Waals surface area (Å²) in [5, 5.41) is 12.2. The summed E-state index contributed by atoms with van der Waals surface area (Å²) >= 11 is 10.5. The molecular formula is C50H42Br4Mg2O. The Kier molecular flexibility index (Phi) is 22.6. The molecule has 8 aromatic carbocycles. The summed E-state index contributed by atoms with van der Waals surface area (Å²) in [7, 11) is 0. The Balaban J connectivity index is 0.000000917. The van der Waals surface area contributed by atoms with Crippen LogP contribution in [0.4, 0.5) is 0 Å². The van der Waals surface area contributed by atoms with Gasteiger partial charge < -0.3 is 24.9 Å². The van der Waals surface area contributed by atoms with E-state index in [2.05, 4.69) is 127 Å². The maximum absolute atomic E-state index is 12.2. The van der Waals surface area contributed by atoms with Crippen LogP contribution in [0.25, 0.3) is 33.4 Å². The third kappa shape index (κ3) is 13.6. The van der Waals surface area contributed by atoms with E-state index in [1.54, 1.807) is 0 Å². The van der Waals surface area contributed by atoms with Gasteiger partial charge in [-0.1, -0.05) is 219 Å². The van der Waals surface area contributed by atoms with Gasteiger partial charge in [0.05, 0.1) is 0 Å². The van der Waals surface area contributed by atoms with Crippen LogP contribution in [0.2, 0.25) is 0 Å². The zero-order valence-electron chi connectivity index (χ0n) is 32.6. The number of hydrogen-bond donors (Lipinski definition) is 1. The molecule has 8 aromatic rings. The summed E-state index contributed by atoms with van der Waals surface area (Å²) in [6, 6.07) is 74.0.